The van der Waals surface area contributed by atoms with Crippen molar-refractivity contribution >= 4 is 18.4 Å². The second-order valence-corrected chi connectivity index (χ2v) is 5.35. The smallest absolute Gasteiger partial charge is 0.216 e. The highest BCUT2D eigenvalue weighted by atomic mass is 32.1. The van der Waals surface area contributed by atoms with Crippen LogP contribution in [0.2, 0.25) is 0 Å². The van der Waals surface area contributed by atoms with E-state index in [0.717, 1.165) is 16.9 Å². The molecule has 122 valence electrons. The van der Waals surface area contributed by atoms with E-state index >= 15 is 0 Å². The maximum Gasteiger partial charge on any atom is 0.216 e. The minimum Gasteiger partial charge on any atom is -0.508 e. The minimum atomic E-state index is 0.182. The van der Waals surface area contributed by atoms with Crippen molar-refractivity contribution in [1.29, 1.82) is 0 Å². The molecule has 24 heavy (non-hydrogen) atoms. The number of rotatable bonds is 5. The Morgan fingerprint density at radius 2 is 2.08 bits per heavy atom. The van der Waals surface area contributed by atoms with E-state index in [1.165, 1.54) is 4.68 Å². The number of aromatic amines is 1. The standard InChI is InChI=1S/C17H16N4O2S/c1-2-23-15-8-6-13(7-9-15)16-19-20-17(24)21(16)18-11-12-4-3-5-14(22)10-12/h3-11,22H,2H2,1H3,(H,20,24)/b18-11+. The molecule has 0 atom stereocenters. The van der Waals surface area contributed by atoms with E-state index in [1.807, 2.05) is 37.3 Å². The molecule has 0 aliphatic rings. The van der Waals surface area contributed by atoms with Crippen LogP contribution in [-0.4, -0.2) is 32.8 Å². The third kappa shape index (κ3) is 3.52. The van der Waals surface area contributed by atoms with Crippen molar-refractivity contribution < 1.29 is 9.84 Å². The van der Waals surface area contributed by atoms with Crippen LogP contribution in [-0.2, 0) is 0 Å². The Bertz CT molecular complexity index is 913. The van der Waals surface area contributed by atoms with E-state index in [-0.39, 0.29) is 5.75 Å². The lowest BCUT2D eigenvalue weighted by atomic mass is 10.2. The average molecular weight is 340 g/mol. The molecule has 0 aliphatic heterocycles. The first kappa shape index (κ1) is 15.9. The Labute approximate surface area is 144 Å². The van der Waals surface area contributed by atoms with Crippen LogP contribution in [0.15, 0.2) is 53.6 Å². The quantitative estimate of drug-likeness (QED) is 0.550. The normalized spacial score (nSPS) is 11.0. The number of H-pyrrole nitrogens is 1. The Morgan fingerprint density at radius 1 is 1.29 bits per heavy atom. The minimum absolute atomic E-state index is 0.182. The van der Waals surface area contributed by atoms with Crippen LogP contribution >= 0.6 is 12.2 Å². The number of phenolic OH excluding ortho intramolecular Hbond substituents is 1. The molecule has 0 saturated heterocycles. The van der Waals surface area contributed by atoms with Gasteiger partial charge in [-0.1, -0.05) is 12.1 Å². The van der Waals surface area contributed by atoms with E-state index in [1.54, 1.807) is 24.4 Å². The predicted octanol–water partition coefficient (Wildman–Crippen LogP) is 3.59. The maximum atomic E-state index is 9.51. The zero-order valence-corrected chi connectivity index (χ0v) is 13.8. The lowest BCUT2D eigenvalue weighted by molar-refractivity contribution is 0.340. The van der Waals surface area contributed by atoms with Crippen LogP contribution in [0.5, 0.6) is 11.5 Å². The molecule has 7 heteroatoms. The molecular weight excluding hydrogens is 324 g/mol. The molecule has 3 rings (SSSR count). The summed E-state index contributed by atoms with van der Waals surface area (Å²) in [6.45, 7) is 2.56. The number of nitrogens with one attached hydrogen (secondary N) is 1. The van der Waals surface area contributed by atoms with Gasteiger partial charge in [0.25, 0.3) is 0 Å². The largest absolute Gasteiger partial charge is 0.508 e. The summed E-state index contributed by atoms with van der Waals surface area (Å²) in [6, 6.07) is 14.4. The van der Waals surface area contributed by atoms with Gasteiger partial charge in [0.2, 0.25) is 4.77 Å². The number of ether oxygens (including phenoxy) is 1. The van der Waals surface area contributed by atoms with Crippen molar-refractivity contribution in [1.82, 2.24) is 14.9 Å². The number of aromatic hydroxyl groups is 1. The molecule has 0 unspecified atom stereocenters. The zero-order chi connectivity index (χ0) is 16.9. The highest BCUT2D eigenvalue weighted by molar-refractivity contribution is 7.71. The van der Waals surface area contributed by atoms with E-state index in [0.29, 0.717) is 17.2 Å². The molecule has 0 saturated carbocycles. The van der Waals surface area contributed by atoms with Crippen LogP contribution in [0.3, 0.4) is 0 Å². The van der Waals surface area contributed by atoms with Crippen LogP contribution in [0.25, 0.3) is 11.4 Å². The second kappa shape index (κ2) is 7.10. The predicted molar refractivity (Wildman–Crippen MR) is 95.1 cm³/mol. The molecule has 1 aromatic heterocycles. The van der Waals surface area contributed by atoms with Crippen molar-refractivity contribution in [3.8, 4) is 22.9 Å². The summed E-state index contributed by atoms with van der Waals surface area (Å²) >= 11 is 5.24. The Hall–Kier alpha value is -2.93. The van der Waals surface area contributed by atoms with Gasteiger partial charge in [-0.3, -0.25) is 0 Å². The van der Waals surface area contributed by atoms with Gasteiger partial charge < -0.3 is 9.84 Å². The number of hydrogen-bond donors (Lipinski definition) is 2. The molecule has 6 nitrogen and oxygen atoms in total. The number of benzene rings is 2. The third-order valence-electron chi connectivity index (χ3n) is 3.27. The van der Waals surface area contributed by atoms with Crippen molar-refractivity contribution in [3.05, 3.63) is 58.9 Å². The Balaban J connectivity index is 1.92. The van der Waals surface area contributed by atoms with Gasteiger partial charge in [-0.2, -0.15) is 14.9 Å². The molecule has 3 aromatic rings. The fraction of sp³-hybridized carbons (Fsp3) is 0.118. The second-order valence-electron chi connectivity index (χ2n) is 4.96. The maximum absolute atomic E-state index is 9.51. The van der Waals surface area contributed by atoms with Crippen LogP contribution in [0.4, 0.5) is 0 Å². The lowest BCUT2D eigenvalue weighted by Crippen LogP contribution is -1.96. The summed E-state index contributed by atoms with van der Waals surface area (Å²) in [4.78, 5) is 0. The molecule has 2 N–H and O–H groups in total. The van der Waals surface area contributed by atoms with Crippen LogP contribution in [0, 0.1) is 4.77 Å². The summed E-state index contributed by atoms with van der Waals surface area (Å²) in [7, 11) is 0. The van der Waals surface area contributed by atoms with E-state index in [4.69, 9.17) is 17.0 Å². The van der Waals surface area contributed by atoms with E-state index in [2.05, 4.69) is 15.3 Å². The van der Waals surface area contributed by atoms with Crippen molar-refractivity contribution in [2.24, 2.45) is 5.10 Å². The van der Waals surface area contributed by atoms with Gasteiger partial charge in [0.05, 0.1) is 12.8 Å². The van der Waals surface area contributed by atoms with Gasteiger partial charge in [-0.25, -0.2) is 5.10 Å². The van der Waals surface area contributed by atoms with Gasteiger partial charge in [0, 0.05) is 5.56 Å². The third-order valence-corrected chi connectivity index (χ3v) is 3.53. The average Bonchev–Trinajstić information content (AvgIpc) is 2.95. The van der Waals surface area contributed by atoms with Gasteiger partial charge in [0.1, 0.15) is 11.5 Å². The molecule has 0 spiro atoms. The number of hydrogen-bond acceptors (Lipinski definition) is 5. The summed E-state index contributed by atoms with van der Waals surface area (Å²) in [5.74, 6) is 1.58. The van der Waals surface area contributed by atoms with Gasteiger partial charge >= 0.3 is 0 Å². The molecule has 2 aromatic carbocycles. The zero-order valence-electron chi connectivity index (χ0n) is 13.0. The first-order valence-electron chi connectivity index (χ1n) is 7.41. The van der Waals surface area contributed by atoms with Crippen LogP contribution in [0.1, 0.15) is 12.5 Å². The Kier molecular flexibility index (Phi) is 4.72. The molecule has 0 radical (unpaired) electrons. The number of aromatic nitrogens is 3. The molecule has 1 heterocycles. The topological polar surface area (TPSA) is 75.4 Å². The lowest BCUT2D eigenvalue weighted by Gasteiger charge is -2.04. The van der Waals surface area contributed by atoms with Gasteiger partial charge in [-0.05, 0) is 61.1 Å². The molecular formula is C17H16N4O2S. The van der Waals surface area contributed by atoms with Gasteiger partial charge in [0.15, 0.2) is 5.82 Å². The Morgan fingerprint density at radius 3 is 2.79 bits per heavy atom. The summed E-state index contributed by atoms with van der Waals surface area (Å²) < 4.78 is 7.36. The first-order chi connectivity index (χ1) is 11.7. The molecule has 0 aliphatic carbocycles. The number of phenols is 1. The highest BCUT2D eigenvalue weighted by Gasteiger charge is 2.08. The molecule has 0 bridgehead atoms. The molecule has 0 amide bonds. The fourth-order valence-electron chi connectivity index (χ4n) is 2.18. The summed E-state index contributed by atoms with van der Waals surface area (Å²) in [5.41, 5.74) is 1.62. The monoisotopic (exact) mass is 340 g/mol. The summed E-state index contributed by atoms with van der Waals surface area (Å²) in [6.07, 6.45) is 1.61. The number of nitrogens with zero attached hydrogens (tertiary/aromatic N) is 3. The van der Waals surface area contributed by atoms with Crippen molar-refractivity contribution in [3.63, 3.8) is 0 Å². The van der Waals surface area contributed by atoms with Crippen LogP contribution < -0.4 is 4.74 Å². The van der Waals surface area contributed by atoms with E-state index < -0.39 is 0 Å². The van der Waals surface area contributed by atoms with E-state index in [9.17, 15) is 5.11 Å². The van der Waals surface area contributed by atoms with Gasteiger partial charge in [-0.15, -0.1) is 0 Å². The SMILES string of the molecule is CCOc1ccc(-c2n[nH]c(=S)n2/N=C/c2cccc(O)c2)cc1. The fourth-order valence-corrected chi connectivity index (χ4v) is 2.36. The highest BCUT2D eigenvalue weighted by Crippen LogP contribution is 2.21. The van der Waals surface area contributed by atoms with Crippen molar-refractivity contribution in [2.75, 3.05) is 6.61 Å². The first-order valence-corrected chi connectivity index (χ1v) is 7.82. The molecule has 0 fully saturated rings. The van der Waals surface area contributed by atoms with Crippen molar-refractivity contribution in [2.45, 2.75) is 6.92 Å². The summed E-state index contributed by atoms with van der Waals surface area (Å²) in [5, 5.41) is 20.8.